The van der Waals surface area contributed by atoms with Gasteiger partial charge in [0.2, 0.25) is 5.95 Å². The zero-order valence-electron chi connectivity index (χ0n) is 17.2. The van der Waals surface area contributed by atoms with E-state index in [1.165, 1.54) is 5.57 Å². The fourth-order valence-electron chi connectivity index (χ4n) is 2.81. The van der Waals surface area contributed by atoms with Crippen LogP contribution in [0.5, 0.6) is 11.5 Å². The number of anilines is 1. The van der Waals surface area contributed by atoms with Crippen molar-refractivity contribution in [3.05, 3.63) is 41.9 Å². The van der Waals surface area contributed by atoms with Crippen LogP contribution in [-0.2, 0) is 0 Å². The molecule has 0 saturated carbocycles. The second-order valence-corrected chi connectivity index (χ2v) is 9.11. The lowest BCUT2D eigenvalue weighted by atomic mass is 10.1. The maximum atomic E-state index is 5.63. The first-order valence-corrected chi connectivity index (χ1v) is 9.87. The quantitative estimate of drug-likeness (QED) is 0.708. The van der Waals surface area contributed by atoms with E-state index >= 15 is 0 Å². The highest BCUT2D eigenvalue weighted by Gasteiger charge is 2.24. The topological polar surface area (TPSA) is 73.2 Å². The maximum Gasteiger partial charge on any atom is 0.239 e. The lowest BCUT2D eigenvalue weighted by Gasteiger charge is -2.21. The van der Waals surface area contributed by atoms with Crippen LogP contribution in [0.2, 0.25) is 0 Å². The Labute approximate surface area is 170 Å². The molecule has 0 spiro atoms. The first-order chi connectivity index (χ1) is 13.3. The highest BCUT2D eigenvalue weighted by atomic mass is 32.2. The van der Waals surface area contributed by atoms with Gasteiger partial charge in [-0.15, -0.1) is 10.2 Å². The summed E-state index contributed by atoms with van der Waals surface area (Å²) in [5, 5.41) is 12.2. The molecule has 0 bridgehead atoms. The fraction of sp³-hybridized carbons (Fsp3) is 0.400. The summed E-state index contributed by atoms with van der Waals surface area (Å²) in [5.74, 6) is 2.66. The van der Waals surface area contributed by atoms with Crippen molar-refractivity contribution in [2.24, 2.45) is 0 Å². The Kier molecular flexibility index (Phi) is 5.88. The Morgan fingerprint density at radius 1 is 1.14 bits per heavy atom. The predicted molar refractivity (Wildman–Crippen MR) is 115 cm³/mol. The van der Waals surface area contributed by atoms with Crippen molar-refractivity contribution >= 4 is 23.5 Å². The number of aromatic nitrogens is 3. The first kappa shape index (κ1) is 20.1. The molecule has 28 heavy (non-hydrogen) atoms. The van der Waals surface area contributed by atoms with Crippen molar-refractivity contribution in [1.29, 1.82) is 0 Å². The number of para-hydroxylation sites is 1. The molecule has 2 N–H and O–H groups in total. The highest BCUT2D eigenvalue weighted by Crippen LogP contribution is 2.38. The number of ether oxygens (including phenoxy) is 2. The Morgan fingerprint density at radius 3 is 2.39 bits per heavy atom. The van der Waals surface area contributed by atoms with Crippen molar-refractivity contribution in [2.75, 3.05) is 25.5 Å². The Balaban J connectivity index is 2.20. The minimum atomic E-state index is 0.00393. The molecule has 2 heterocycles. The standard InChI is InChI=1S/C20H27N5O2S/c1-13-10-14(12-21-11-13)18-22-23-19(24-28-20(2,3)4)25(18)17-15(26-5)8-7-9-16(17)27-6/h7-10,12,21H,11H2,1-6H3,(H,23,24). The number of rotatable bonds is 6. The van der Waals surface area contributed by atoms with E-state index in [0.717, 1.165) is 17.8 Å². The summed E-state index contributed by atoms with van der Waals surface area (Å²) in [4.78, 5) is 0. The SMILES string of the molecule is COc1cccc(OC)c1-n1c(NSC(C)(C)C)nnc1C1=CNCC(C)=C1. The molecule has 8 heteroatoms. The zero-order chi connectivity index (χ0) is 20.3. The van der Waals surface area contributed by atoms with E-state index in [1.54, 1.807) is 26.2 Å². The Bertz CT molecular complexity index is 890. The summed E-state index contributed by atoms with van der Waals surface area (Å²) < 4.78 is 16.6. The van der Waals surface area contributed by atoms with Gasteiger partial charge in [0.25, 0.3) is 0 Å². The van der Waals surface area contributed by atoms with Crippen LogP contribution in [0.1, 0.15) is 33.5 Å². The largest absolute Gasteiger partial charge is 0.494 e. The molecular weight excluding hydrogens is 374 g/mol. The summed E-state index contributed by atoms with van der Waals surface area (Å²) in [7, 11) is 3.29. The lowest BCUT2D eigenvalue weighted by Crippen LogP contribution is -2.16. The smallest absolute Gasteiger partial charge is 0.239 e. The zero-order valence-corrected chi connectivity index (χ0v) is 18.0. The molecule has 3 rings (SSSR count). The van der Waals surface area contributed by atoms with Crippen LogP contribution in [-0.4, -0.2) is 40.3 Å². The molecule has 0 amide bonds. The predicted octanol–water partition coefficient (Wildman–Crippen LogP) is 4.03. The third kappa shape index (κ3) is 4.27. The lowest BCUT2D eigenvalue weighted by molar-refractivity contribution is 0.391. The van der Waals surface area contributed by atoms with Gasteiger partial charge in [-0.05, 0) is 57.9 Å². The van der Waals surface area contributed by atoms with Crippen LogP contribution < -0.4 is 19.5 Å². The molecule has 0 saturated heterocycles. The van der Waals surface area contributed by atoms with Gasteiger partial charge in [-0.3, -0.25) is 9.29 Å². The molecule has 0 radical (unpaired) electrons. The van der Waals surface area contributed by atoms with Gasteiger partial charge in [0, 0.05) is 23.1 Å². The van der Waals surface area contributed by atoms with Gasteiger partial charge in [-0.2, -0.15) is 0 Å². The minimum absolute atomic E-state index is 0.00393. The molecule has 1 aromatic carbocycles. The molecule has 0 atom stereocenters. The Hall–Kier alpha value is -2.61. The van der Waals surface area contributed by atoms with E-state index in [4.69, 9.17) is 9.47 Å². The van der Waals surface area contributed by atoms with Crippen molar-refractivity contribution < 1.29 is 9.47 Å². The van der Waals surface area contributed by atoms with E-state index in [2.05, 4.69) is 54.0 Å². The summed E-state index contributed by atoms with van der Waals surface area (Å²) in [6.45, 7) is 9.31. The first-order valence-electron chi connectivity index (χ1n) is 9.06. The molecule has 1 aliphatic rings. The second-order valence-electron chi connectivity index (χ2n) is 7.48. The van der Waals surface area contributed by atoms with E-state index in [1.807, 2.05) is 29.0 Å². The van der Waals surface area contributed by atoms with E-state index in [9.17, 15) is 0 Å². The van der Waals surface area contributed by atoms with Crippen molar-refractivity contribution in [1.82, 2.24) is 20.1 Å². The number of nitrogens with zero attached hydrogens (tertiary/aromatic N) is 3. The molecule has 150 valence electrons. The molecule has 0 unspecified atom stereocenters. The average Bonchev–Trinajstić information content (AvgIpc) is 3.08. The summed E-state index contributed by atoms with van der Waals surface area (Å²) >= 11 is 1.58. The van der Waals surface area contributed by atoms with Crippen LogP contribution in [0, 0.1) is 0 Å². The van der Waals surface area contributed by atoms with Crippen molar-refractivity contribution in [2.45, 2.75) is 32.4 Å². The highest BCUT2D eigenvalue weighted by molar-refractivity contribution is 8.01. The Morgan fingerprint density at radius 2 is 1.82 bits per heavy atom. The molecule has 1 aliphatic heterocycles. The molecule has 7 nitrogen and oxygen atoms in total. The van der Waals surface area contributed by atoms with Gasteiger partial charge in [0.15, 0.2) is 5.82 Å². The summed E-state index contributed by atoms with van der Waals surface area (Å²) in [6, 6.07) is 5.70. The van der Waals surface area contributed by atoms with Crippen LogP contribution >= 0.6 is 11.9 Å². The van der Waals surface area contributed by atoms with Crippen LogP contribution in [0.3, 0.4) is 0 Å². The third-order valence-corrected chi connectivity index (χ3v) is 4.93. The number of methoxy groups -OCH3 is 2. The molecule has 0 fully saturated rings. The average molecular weight is 402 g/mol. The van der Waals surface area contributed by atoms with Gasteiger partial charge in [-0.25, -0.2) is 0 Å². The summed E-state index contributed by atoms with van der Waals surface area (Å²) in [5.41, 5.74) is 2.91. The van der Waals surface area contributed by atoms with Crippen molar-refractivity contribution in [3.8, 4) is 17.2 Å². The second kappa shape index (κ2) is 8.18. The van der Waals surface area contributed by atoms with Crippen LogP contribution in [0.4, 0.5) is 5.95 Å². The minimum Gasteiger partial charge on any atom is -0.494 e. The third-order valence-electron chi connectivity index (χ3n) is 4.04. The monoisotopic (exact) mass is 401 g/mol. The van der Waals surface area contributed by atoms with E-state index in [-0.39, 0.29) is 4.75 Å². The van der Waals surface area contributed by atoms with Gasteiger partial charge < -0.3 is 14.8 Å². The molecule has 2 aromatic rings. The molecule has 0 aliphatic carbocycles. The van der Waals surface area contributed by atoms with Gasteiger partial charge in [0.05, 0.1) is 14.2 Å². The number of dihydropyridines is 1. The van der Waals surface area contributed by atoms with Gasteiger partial charge in [-0.1, -0.05) is 11.6 Å². The van der Waals surface area contributed by atoms with E-state index in [0.29, 0.717) is 23.3 Å². The maximum absolute atomic E-state index is 5.63. The number of hydrogen-bond acceptors (Lipinski definition) is 7. The number of nitrogens with one attached hydrogen (secondary N) is 2. The van der Waals surface area contributed by atoms with Crippen molar-refractivity contribution in [3.63, 3.8) is 0 Å². The van der Waals surface area contributed by atoms with Gasteiger partial charge >= 0.3 is 0 Å². The van der Waals surface area contributed by atoms with Crippen LogP contribution in [0.25, 0.3) is 11.3 Å². The normalized spacial score (nSPS) is 14.1. The number of hydrogen-bond donors (Lipinski definition) is 2. The fourth-order valence-corrected chi connectivity index (χ4v) is 3.34. The van der Waals surface area contributed by atoms with Crippen LogP contribution in [0.15, 0.2) is 36.0 Å². The summed E-state index contributed by atoms with van der Waals surface area (Å²) in [6.07, 6.45) is 4.07. The molecular formula is C20H27N5O2S. The number of benzene rings is 1. The number of allylic oxidation sites excluding steroid dienone is 2. The van der Waals surface area contributed by atoms with E-state index < -0.39 is 0 Å². The van der Waals surface area contributed by atoms with Gasteiger partial charge in [0.1, 0.15) is 17.2 Å². The molecule has 1 aromatic heterocycles.